The van der Waals surface area contributed by atoms with Crippen molar-refractivity contribution < 1.29 is 9.47 Å². The first kappa shape index (κ1) is 13.7. The third-order valence-corrected chi connectivity index (χ3v) is 3.71. The van der Waals surface area contributed by atoms with E-state index in [0.717, 1.165) is 26.1 Å². The third-order valence-electron chi connectivity index (χ3n) is 3.71. The van der Waals surface area contributed by atoms with Crippen LogP contribution in [0.4, 0.5) is 0 Å². The van der Waals surface area contributed by atoms with Gasteiger partial charge >= 0.3 is 0 Å². The van der Waals surface area contributed by atoms with Gasteiger partial charge in [0.05, 0.1) is 11.7 Å². The highest BCUT2D eigenvalue weighted by atomic mass is 16.5. The van der Waals surface area contributed by atoms with Crippen molar-refractivity contribution in [2.24, 2.45) is 5.92 Å². The van der Waals surface area contributed by atoms with Crippen molar-refractivity contribution in [2.45, 2.75) is 58.7 Å². The lowest BCUT2D eigenvalue weighted by molar-refractivity contribution is -0.157. The summed E-state index contributed by atoms with van der Waals surface area (Å²) in [6, 6.07) is 0. The maximum atomic E-state index is 5.91. The molecule has 1 aliphatic carbocycles. The zero-order valence-corrected chi connectivity index (χ0v) is 11.2. The average Bonchev–Trinajstić information content (AvgIpc) is 2.21. The second-order valence-electron chi connectivity index (χ2n) is 5.01. The lowest BCUT2D eigenvalue weighted by atomic mass is 9.75. The molecular formula is C14H26O2. The average molecular weight is 226 g/mol. The van der Waals surface area contributed by atoms with E-state index < -0.39 is 0 Å². The number of rotatable bonds is 5. The quantitative estimate of drug-likeness (QED) is 0.667. The van der Waals surface area contributed by atoms with Crippen LogP contribution in [0.2, 0.25) is 0 Å². The molecule has 1 aliphatic rings. The Labute approximate surface area is 100 Å². The Morgan fingerprint density at radius 2 is 2.06 bits per heavy atom. The van der Waals surface area contributed by atoms with Gasteiger partial charge in [0.2, 0.25) is 0 Å². The number of allylic oxidation sites excluding steroid dienone is 1. The molecule has 0 bridgehead atoms. The van der Waals surface area contributed by atoms with E-state index in [4.69, 9.17) is 9.47 Å². The van der Waals surface area contributed by atoms with Crippen LogP contribution in [0.5, 0.6) is 0 Å². The minimum Gasteiger partial charge on any atom is -0.375 e. The first-order valence-electron chi connectivity index (χ1n) is 6.44. The van der Waals surface area contributed by atoms with Crippen LogP contribution in [0.1, 0.15) is 47.0 Å². The van der Waals surface area contributed by atoms with Crippen molar-refractivity contribution >= 4 is 0 Å². The molecule has 1 saturated carbocycles. The smallest absolute Gasteiger partial charge is 0.0915 e. The van der Waals surface area contributed by atoms with Crippen molar-refractivity contribution in [2.75, 3.05) is 13.2 Å². The third kappa shape index (κ3) is 3.08. The Morgan fingerprint density at radius 1 is 1.38 bits per heavy atom. The van der Waals surface area contributed by atoms with Gasteiger partial charge in [0.1, 0.15) is 0 Å². The molecule has 0 radical (unpaired) electrons. The minimum absolute atomic E-state index is 0.100. The molecule has 0 heterocycles. The van der Waals surface area contributed by atoms with Crippen molar-refractivity contribution in [3.63, 3.8) is 0 Å². The summed E-state index contributed by atoms with van der Waals surface area (Å²) < 4.78 is 11.8. The van der Waals surface area contributed by atoms with Crippen LogP contribution in [0, 0.1) is 5.92 Å². The number of hydrogen-bond donors (Lipinski definition) is 0. The highest BCUT2D eigenvalue weighted by Gasteiger charge is 2.41. The molecule has 0 aliphatic heterocycles. The van der Waals surface area contributed by atoms with Gasteiger partial charge in [0.15, 0.2) is 0 Å². The zero-order valence-electron chi connectivity index (χ0n) is 11.2. The van der Waals surface area contributed by atoms with Crippen molar-refractivity contribution in [3.8, 4) is 0 Å². The lowest BCUT2D eigenvalue weighted by Crippen LogP contribution is -2.48. The molecule has 1 fully saturated rings. The van der Waals surface area contributed by atoms with E-state index in [9.17, 15) is 0 Å². The number of ether oxygens (including phenoxy) is 2. The van der Waals surface area contributed by atoms with Gasteiger partial charge in [-0.15, -0.1) is 0 Å². The summed E-state index contributed by atoms with van der Waals surface area (Å²) in [5.41, 5.74) is 1.18. The predicted molar refractivity (Wildman–Crippen MR) is 67.6 cm³/mol. The molecule has 3 atom stereocenters. The van der Waals surface area contributed by atoms with E-state index in [1.165, 1.54) is 12.0 Å². The summed E-state index contributed by atoms with van der Waals surface area (Å²) in [5, 5.41) is 0. The summed E-state index contributed by atoms with van der Waals surface area (Å²) >= 11 is 0. The fourth-order valence-electron chi connectivity index (χ4n) is 2.64. The molecule has 0 spiro atoms. The Bertz CT molecular complexity index is 237. The largest absolute Gasteiger partial charge is 0.375 e. The maximum absolute atomic E-state index is 5.91. The molecule has 0 saturated heterocycles. The van der Waals surface area contributed by atoms with Gasteiger partial charge in [-0.2, -0.15) is 0 Å². The summed E-state index contributed by atoms with van der Waals surface area (Å²) in [7, 11) is 0. The lowest BCUT2D eigenvalue weighted by Gasteiger charge is -2.43. The highest BCUT2D eigenvalue weighted by molar-refractivity contribution is 5.04. The van der Waals surface area contributed by atoms with E-state index >= 15 is 0 Å². The monoisotopic (exact) mass is 226 g/mol. The number of hydrogen-bond acceptors (Lipinski definition) is 2. The van der Waals surface area contributed by atoms with Crippen LogP contribution in [0.15, 0.2) is 12.2 Å². The molecule has 16 heavy (non-hydrogen) atoms. The van der Waals surface area contributed by atoms with Gasteiger partial charge in [-0.05, 0) is 52.9 Å². The fourth-order valence-corrected chi connectivity index (χ4v) is 2.64. The molecular weight excluding hydrogens is 200 g/mol. The zero-order chi connectivity index (χ0) is 12.2. The van der Waals surface area contributed by atoms with Crippen LogP contribution >= 0.6 is 0 Å². The van der Waals surface area contributed by atoms with Gasteiger partial charge in [-0.3, -0.25) is 0 Å². The van der Waals surface area contributed by atoms with Gasteiger partial charge in [0, 0.05) is 13.2 Å². The van der Waals surface area contributed by atoms with Crippen molar-refractivity contribution in [3.05, 3.63) is 12.2 Å². The Hall–Kier alpha value is -0.340. The van der Waals surface area contributed by atoms with Crippen LogP contribution in [-0.4, -0.2) is 24.9 Å². The Kier molecular flexibility index (Phi) is 5.00. The van der Waals surface area contributed by atoms with Gasteiger partial charge in [0.25, 0.3) is 0 Å². The topological polar surface area (TPSA) is 18.5 Å². The SMILES string of the molecule is C=C(C)C1CCC(C)(OCC)C(OCC)C1. The van der Waals surface area contributed by atoms with Gasteiger partial charge in [-0.25, -0.2) is 0 Å². The molecule has 0 aromatic heterocycles. The van der Waals surface area contributed by atoms with Crippen LogP contribution < -0.4 is 0 Å². The molecule has 0 N–H and O–H groups in total. The predicted octanol–water partition coefficient (Wildman–Crippen LogP) is 3.56. The second-order valence-corrected chi connectivity index (χ2v) is 5.01. The van der Waals surface area contributed by atoms with Gasteiger partial charge < -0.3 is 9.47 Å². The molecule has 2 nitrogen and oxygen atoms in total. The molecule has 0 amide bonds. The Balaban J connectivity index is 2.70. The Morgan fingerprint density at radius 3 is 2.56 bits per heavy atom. The first-order valence-corrected chi connectivity index (χ1v) is 6.44. The van der Waals surface area contributed by atoms with Crippen LogP contribution in [0.25, 0.3) is 0 Å². The summed E-state index contributed by atoms with van der Waals surface area (Å²) in [6.45, 7) is 14.0. The first-order chi connectivity index (χ1) is 7.53. The fraction of sp³-hybridized carbons (Fsp3) is 0.857. The normalized spacial score (nSPS) is 35.0. The van der Waals surface area contributed by atoms with E-state index in [1.807, 2.05) is 0 Å². The van der Waals surface area contributed by atoms with Gasteiger partial charge in [-0.1, -0.05) is 12.2 Å². The van der Waals surface area contributed by atoms with Crippen LogP contribution in [-0.2, 0) is 9.47 Å². The van der Waals surface area contributed by atoms with E-state index in [0.29, 0.717) is 5.92 Å². The molecule has 2 heteroatoms. The minimum atomic E-state index is -0.100. The standard InChI is InChI=1S/C14H26O2/c1-6-15-13-10-12(11(3)4)8-9-14(13,5)16-7-2/h12-13H,3,6-10H2,1-2,4-5H3. The molecule has 0 aromatic rings. The van der Waals surface area contributed by atoms with Crippen LogP contribution in [0.3, 0.4) is 0 Å². The second kappa shape index (κ2) is 5.83. The summed E-state index contributed by atoms with van der Waals surface area (Å²) in [5.74, 6) is 0.602. The van der Waals surface area contributed by atoms with Crippen molar-refractivity contribution in [1.82, 2.24) is 0 Å². The molecule has 0 aromatic carbocycles. The maximum Gasteiger partial charge on any atom is 0.0915 e. The molecule has 1 rings (SSSR count). The summed E-state index contributed by atoms with van der Waals surface area (Å²) in [6.07, 6.45) is 3.52. The molecule has 94 valence electrons. The van der Waals surface area contributed by atoms with E-state index in [1.54, 1.807) is 0 Å². The van der Waals surface area contributed by atoms with E-state index in [-0.39, 0.29) is 11.7 Å². The highest BCUT2D eigenvalue weighted by Crippen LogP contribution is 2.39. The van der Waals surface area contributed by atoms with Crippen molar-refractivity contribution in [1.29, 1.82) is 0 Å². The van der Waals surface area contributed by atoms with E-state index in [2.05, 4.69) is 34.3 Å². The molecule has 3 unspecified atom stereocenters. The summed E-state index contributed by atoms with van der Waals surface area (Å²) in [4.78, 5) is 0.